The van der Waals surface area contributed by atoms with Gasteiger partial charge in [0.05, 0.1) is 12.6 Å². The predicted octanol–water partition coefficient (Wildman–Crippen LogP) is 3.89. The van der Waals surface area contributed by atoms with Gasteiger partial charge in [0.1, 0.15) is 0 Å². The topological polar surface area (TPSA) is 90.5 Å². The molecule has 0 fully saturated rings. The maximum absolute atomic E-state index is 12.7. The summed E-state index contributed by atoms with van der Waals surface area (Å²) >= 11 is 6.01. The molecule has 3 N–H and O–H groups in total. The molecule has 0 aliphatic carbocycles. The van der Waals surface area contributed by atoms with Crippen LogP contribution in [-0.2, 0) is 14.4 Å². The third kappa shape index (κ3) is 6.86. The van der Waals surface area contributed by atoms with Crippen LogP contribution in [0.4, 0.5) is 17.1 Å². The van der Waals surface area contributed by atoms with Gasteiger partial charge in [-0.05, 0) is 62.4 Å². The highest BCUT2D eigenvalue weighted by atomic mass is 35.5. The average Bonchev–Trinajstić information content (AvgIpc) is 2.69. The van der Waals surface area contributed by atoms with Crippen molar-refractivity contribution in [3.63, 3.8) is 0 Å². The molecule has 0 saturated carbocycles. The van der Waals surface area contributed by atoms with E-state index in [1.165, 1.54) is 6.92 Å². The second-order valence-corrected chi connectivity index (χ2v) is 7.43. The standard InChI is InChI=1S/C22H27ClN4O3/c1-5-27(15(3)22(30)26-20-12-17(23)7-6-14(20)2)13-21(29)25-19-10-8-18(9-11-19)24-16(4)28/h6-12,15H,5,13H2,1-4H3,(H,24,28)(H,25,29)(H,26,30). The number of rotatable bonds is 8. The summed E-state index contributed by atoms with van der Waals surface area (Å²) in [5.41, 5.74) is 2.82. The van der Waals surface area contributed by atoms with Crippen LogP contribution in [0.25, 0.3) is 0 Å². The maximum Gasteiger partial charge on any atom is 0.241 e. The van der Waals surface area contributed by atoms with Crippen molar-refractivity contribution in [1.29, 1.82) is 0 Å². The van der Waals surface area contributed by atoms with E-state index >= 15 is 0 Å². The molecule has 2 aromatic carbocycles. The third-order valence-corrected chi connectivity index (χ3v) is 4.86. The minimum atomic E-state index is -0.513. The number of benzene rings is 2. The summed E-state index contributed by atoms with van der Waals surface area (Å²) in [5, 5.41) is 8.89. The molecule has 3 amide bonds. The summed E-state index contributed by atoms with van der Waals surface area (Å²) in [4.78, 5) is 38.0. The Balaban J connectivity index is 1.95. The smallest absolute Gasteiger partial charge is 0.241 e. The van der Waals surface area contributed by atoms with E-state index in [1.807, 2.05) is 19.9 Å². The average molecular weight is 431 g/mol. The van der Waals surface area contributed by atoms with Gasteiger partial charge in [-0.2, -0.15) is 0 Å². The summed E-state index contributed by atoms with van der Waals surface area (Å²) in [7, 11) is 0. The zero-order valence-electron chi connectivity index (χ0n) is 17.6. The van der Waals surface area contributed by atoms with Crippen LogP contribution >= 0.6 is 11.6 Å². The Hall–Kier alpha value is -2.90. The fourth-order valence-corrected chi connectivity index (χ4v) is 3.05. The lowest BCUT2D eigenvalue weighted by Gasteiger charge is -2.26. The van der Waals surface area contributed by atoms with Crippen molar-refractivity contribution in [2.45, 2.75) is 33.7 Å². The molecule has 0 radical (unpaired) electrons. The van der Waals surface area contributed by atoms with E-state index < -0.39 is 6.04 Å². The number of nitrogens with one attached hydrogen (secondary N) is 3. The molecule has 1 atom stereocenters. The zero-order valence-corrected chi connectivity index (χ0v) is 18.3. The molecular formula is C22H27ClN4O3. The molecule has 0 spiro atoms. The first-order valence-electron chi connectivity index (χ1n) is 9.68. The van der Waals surface area contributed by atoms with Crippen LogP contribution in [0.5, 0.6) is 0 Å². The van der Waals surface area contributed by atoms with Crippen molar-refractivity contribution in [3.8, 4) is 0 Å². The summed E-state index contributed by atoms with van der Waals surface area (Å²) in [6.07, 6.45) is 0. The maximum atomic E-state index is 12.7. The first-order valence-corrected chi connectivity index (χ1v) is 10.1. The van der Waals surface area contributed by atoms with Crippen LogP contribution in [-0.4, -0.2) is 41.8 Å². The van der Waals surface area contributed by atoms with E-state index in [9.17, 15) is 14.4 Å². The van der Waals surface area contributed by atoms with Gasteiger partial charge in [-0.1, -0.05) is 24.6 Å². The Kier molecular flexibility index (Phi) is 8.38. The number of carbonyl (C=O) groups excluding carboxylic acids is 3. The summed E-state index contributed by atoms with van der Waals surface area (Å²) < 4.78 is 0. The van der Waals surface area contributed by atoms with E-state index in [0.29, 0.717) is 28.6 Å². The largest absolute Gasteiger partial charge is 0.326 e. The summed E-state index contributed by atoms with van der Waals surface area (Å²) in [6.45, 7) is 7.56. The van der Waals surface area contributed by atoms with Crippen LogP contribution in [0.15, 0.2) is 42.5 Å². The molecule has 7 nitrogen and oxygen atoms in total. The van der Waals surface area contributed by atoms with Crippen LogP contribution < -0.4 is 16.0 Å². The number of nitrogens with zero attached hydrogens (tertiary/aromatic N) is 1. The fraction of sp³-hybridized carbons (Fsp3) is 0.318. The predicted molar refractivity (Wildman–Crippen MR) is 121 cm³/mol. The molecule has 1 unspecified atom stereocenters. The summed E-state index contributed by atoms with van der Waals surface area (Å²) in [6, 6.07) is 11.6. The van der Waals surface area contributed by atoms with Crippen molar-refractivity contribution in [2.24, 2.45) is 0 Å². The quantitative estimate of drug-likeness (QED) is 0.592. The molecule has 2 rings (SSSR count). The van der Waals surface area contributed by atoms with Gasteiger partial charge in [0.25, 0.3) is 0 Å². The lowest BCUT2D eigenvalue weighted by molar-refractivity contribution is -0.123. The second-order valence-electron chi connectivity index (χ2n) is 6.99. The van der Waals surface area contributed by atoms with Gasteiger partial charge in [-0.25, -0.2) is 0 Å². The Morgan fingerprint density at radius 3 is 2.17 bits per heavy atom. The second kappa shape index (κ2) is 10.8. The highest BCUT2D eigenvalue weighted by molar-refractivity contribution is 6.31. The normalized spacial score (nSPS) is 11.7. The SMILES string of the molecule is CCN(CC(=O)Nc1ccc(NC(C)=O)cc1)C(C)C(=O)Nc1cc(Cl)ccc1C. The molecule has 2 aromatic rings. The van der Waals surface area contributed by atoms with E-state index in [4.69, 9.17) is 11.6 Å². The summed E-state index contributed by atoms with van der Waals surface area (Å²) in [5.74, 6) is -0.608. The number of anilines is 3. The van der Waals surface area contributed by atoms with E-state index in [1.54, 1.807) is 48.2 Å². The lowest BCUT2D eigenvalue weighted by atomic mass is 10.2. The minimum Gasteiger partial charge on any atom is -0.326 e. The Morgan fingerprint density at radius 1 is 1.00 bits per heavy atom. The monoisotopic (exact) mass is 430 g/mol. The van der Waals surface area contributed by atoms with Crippen molar-refractivity contribution in [1.82, 2.24) is 4.90 Å². The highest BCUT2D eigenvalue weighted by Gasteiger charge is 2.23. The molecule has 30 heavy (non-hydrogen) atoms. The number of hydrogen-bond donors (Lipinski definition) is 3. The molecule has 0 aliphatic rings. The highest BCUT2D eigenvalue weighted by Crippen LogP contribution is 2.21. The first kappa shape index (κ1) is 23.4. The third-order valence-electron chi connectivity index (χ3n) is 4.63. The van der Waals surface area contributed by atoms with Crippen molar-refractivity contribution < 1.29 is 14.4 Å². The van der Waals surface area contributed by atoms with Crippen LogP contribution in [0.1, 0.15) is 26.3 Å². The van der Waals surface area contributed by atoms with Crippen molar-refractivity contribution >= 4 is 46.4 Å². The van der Waals surface area contributed by atoms with Gasteiger partial charge in [0.15, 0.2) is 0 Å². The van der Waals surface area contributed by atoms with E-state index in [-0.39, 0.29) is 24.3 Å². The molecule has 0 bridgehead atoms. The van der Waals surface area contributed by atoms with Gasteiger partial charge in [-0.3, -0.25) is 19.3 Å². The molecule has 8 heteroatoms. The molecule has 0 saturated heterocycles. The molecule has 160 valence electrons. The molecule has 0 aromatic heterocycles. The molecular weight excluding hydrogens is 404 g/mol. The Morgan fingerprint density at radius 2 is 1.60 bits per heavy atom. The van der Waals surface area contributed by atoms with Gasteiger partial charge in [0, 0.05) is 29.0 Å². The van der Waals surface area contributed by atoms with Gasteiger partial charge in [0.2, 0.25) is 17.7 Å². The lowest BCUT2D eigenvalue weighted by Crippen LogP contribution is -2.45. The van der Waals surface area contributed by atoms with Gasteiger partial charge >= 0.3 is 0 Å². The van der Waals surface area contributed by atoms with Gasteiger partial charge in [-0.15, -0.1) is 0 Å². The number of hydrogen-bond acceptors (Lipinski definition) is 4. The minimum absolute atomic E-state index is 0.0626. The number of likely N-dealkylation sites (N-methyl/N-ethyl adjacent to an activating group) is 1. The molecule has 0 heterocycles. The number of halogens is 1. The van der Waals surface area contributed by atoms with Crippen LogP contribution in [0.2, 0.25) is 5.02 Å². The van der Waals surface area contributed by atoms with E-state index in [0.717, 1.165) is 5.56 Å². The van der Waals surface area contributed by atoms with Crippen LogP contribution in [0, 0.1) is 6.92 Å². The van der Waals surface area contributed by atoms with Crippen LogP contribution in [0.3, 0.4) is 0 Å². The fourth-order valence-electron chi connectivity index (χ4n) is 2.88. The van der Waals surface area contributed by atoms with E-state index in [2.05, 4.69) is 16.0 Å². The van der Waals surface area contributed by atoms with Gasteiger partial charge < -0.3 is 16.0 Å². The Labute approximate surface area is 181 Å². The van der Waals surface area contributed by atoms with Crippen molar-refractivity contribution in [2.75, 3.05) is 29.0 Å². The number of carbonyl (C=O) groups is 3. The number of amides is 3. The molecule has 0 aliphatic heterocycles. The Bertz CT molecular complexity index is 915. The number of aryl methyl sites for hydroxylation is 1. The zero-order chi connectivity index (χ0) is 22.3. The first-order chi connectivity index (χ1) is 14.2. The van der Waals surface area contributed by atoms with Crippen molar-refractivity contribution in [3.05, 3.63) is 53.1 Å².